The van der Waals surface area contributed by atoms with Crippen LogP contribution in [-0.2, 0) is 9.53 Å². The van der Waals surface area contributed by atoms with Crippen LogP contribution in [0.3, 0.4) is 0 Å². The fourth-order valence-electron chi connectivity index (χ4n) is 1.80. The molecule has 18 heavy (non-hydrogen) atoms. The Labute approximate surface area is 109 Å². The molecule has 0 radical (unpaired) electrons. The average molecular weight is 250 g/mol. The maximum atomic E-state index is 11.8. The molecular weight excluding hydrogens is 228 g/mol. The zero-order valence-electron chi connectivity index (χ0n) is 11.0. The van der Waals surface area contributed by atoms with E-state index in [9.17, 15) is 9.90 Å². The molecule has 3 nitrogen and oxygen atoms in total. The molecule has 3 heteroatoms. The van der Waals surface area contributed by atoms with Crippen molar-refractivity contribution >= 4 is 5.97 Å². The van der Waals surface area contributed by atoms with Gasteiger partial charge in [-0.1, -0.05) is 56.5 Å². The van der Waals surface area contributed by atoms with Gasteiger partial charge in [-0.05, 0) is 12.0 Å². The van der Waals surface area contributed by atoms with Gasteiger partial charge >= 0.3 is 5.97 Å². The van der Waals surface area contributed by atoms with Crippen LogP contribution in [-0.4, -0.2) is 24.3 Å². The third kappa shape index (κ3) is 4.88. The third-order valence-electron chi connectivity index (χ3n) is 2.91. The number of benzene rings is 1. The summed E-state index contributed by atoms with van der Waals surface area (Å²) in [6, 6.07) is 9.26. The van der Waals surface area contributed by atoms with Crippen molar-refractivity contribution in [2.75, 3.05) is 13.2 Å². The van der Waals surface area contributed by atoms with Crippen LogP contribution < -0.4 is 0 Å². The Kier molecular flexibility index (Phi) is 7.11. The van der Waals surface area contributed by atoms with Crippen LogP contribution >= 0.6 is 0 Å². The molecule has 1 N–H and O–H groups in total. The van der Waals surface area contributed by atoms with Gasteiger partial charge in [-0.3, -0.25) is 4.79 Å². The first-order valence-corrected chi connectivity index (χ1v) is 6.62. The maximum absolute atomic E-state index is 11.8. The molecule has 0 aromatic heterocycles. The fraction of sp³-hybridized carbons (Fsp3) is 0.533. The van der Waals surface area contributed by atoms with Gasteiger partial charge in [0.05, 0.1) is 13.2 Å². The lowest BCUT2D eigenvalue weighted by Crippen LogP contribution is -2.19. The number of carbonyl (C=O) groups is 1. The molecule has 0 aliphatic heterocycles. The van der Waals surface area contributed by atoms with Gasteiger partial charge in [0.1, 0.15) is 5.92 Å². The van der Waals surface area contributed by atoms with Crippen molar-refractivity contribution in [2.24, 2.45) is 0 Å². The van der Waals surface area contributed by atoms with E-state index in [1.807, 2.05) is 30.3 Å². The molecule has 0 bridgehead atoms. The number of esters is 1. The molecule has 0 spiro atoms. The van der Waals surface area contributed by atoms with E-state index in [0.29, 0.717) is 6.61 Å². The van der Waals surface area contributed by atoms with Crippen LogP contribution in [0.25, 0.3) is 0 Å². The minimum absolute atomic E-state index is 0.211. The first kappa shape index (κ1) is 14.7. The van der Waals surface area contributed by atoms with Crippen molar-refractivity contribution in [2.45, 2.75) is 38.5 Å². The van der Waals surface area contributed by atoms with Gasteiger partial charge < -0.3 is 9.84 Å². The Hall–Kier alpha value is -1.35. The zero-order valence-corrected chi connectivity index (χ0v) is 11.0. The second kappa shape index (κ2) is 8.70. The number of hydrogen-bond donors (Lipinski definition) is 1. The number of aliphatic hydroxyl groups excluding tert-OH is 1. The van der Waals surface area contributed by atoms with E-state index in [0.717, 1.165) is 24.8 Å². The smallest absolute Gasteiger partial charge is 0.315 e. The van der Waals surface area contributed by atoms with E-state index < -0.39 is 5.92 Å². The Bertz CT molecular complexity index is 335. The highest BCUT2D eigenvalue weighted by Crippen LogP contribution is 2.16. The van der Waals surface area contributed by atoms with Gasteiger partial charge in [-0.15, -0.1) is 0 Å². The summed E-state index contributed by atoms with van der Waals surface area (Å²) in [4.78, 5) is 11.8. The molecule has 1 aromatic rings. The van der Waals surface area contributed by atoms with Crippen molar-refractivity contribution in [1.29, 1.82) is 0 Å². The van der Waals surface area contributed by atoms with Crippen LogP contribution in [0.1, 0.15) is 44.1 Å². The molecule has 0 heterocycles. The number of carbonyl (C=O) groups excluding carboxylic acids is 1. The first-order valence-electron chi connectivity index (χ1n) is 6.62. The van der Waals surface area contributed by atoms with E-state index in [1.165, 1.54) is 6.42 Å². The normalized spacial score (nSPS) is 12.1. The van der Waals surface area contributed by atoms with Crippen LogP contribution in [0.5, 0.6) is 0 Å². The quantitative estimate of drug-likeness (QED) is 0.570. The summed E-state index contributed by atoms with van der Waals surface area (Å²) in [5, 5.41) is 9.29. The molecule has 0 amide bonds. The molecule has 0 aliphatic rings. The van der Waals surface area contributed by atoms with Crippen LogP contribution in [0.2, 0.25) is 0 Å². The number of ether oxygens (including phenoxy) is 1. The van der Waals surface area contributed by atoms with Gasteiger partial charge in [-0.25, -0.2) is 0 Å². The summed E-state index contributed by atoms with van der Waals surface area (Å²) in [5.74, 6) is -0.891. The molecule has 1 atom stereocenters. The van der Waals surface area contributed by atoms with Crippen molar-refractivity contribution in [3.63, 3.8) is 0 Å². The Morgan fingerprint density at radius 2 is 1.94 bits per heavy atom. The van der Waals surface area contributed by atoms with Crippen LogP contribution in [0, 0.1) is 0 Å². The lowest BCUT2D eigenvalue weighted by atomic mass is 10.0. The van der Waals surface area contributed by atoms with E-state index in [4.69, 9.17) is 4.74 Å². The molecule has 0 fully saturated rings. The molecule has 0 unspecified atom stereocenters. The lowest BCUT2D eigenvalue weighted by Gasteiger charge is -2.13. The average Bonchev–Trinajstić information content (AvgIpc) is 2.40. The highest BCUT2D eigenvalue weighted by atomic mass is 16.5. The van der Waals surface area contributed by atoms with E-state index in [1.54, 1.807) is 0 Å². The molecule has 1 rings (SSSR count). The third-order valence-corrected chi connectivity index (χ3v) is 2.91. The summed E-state index contributed by atoms with van der Waals surface area (Å²) in [6.07, 6.45) is 4.31. The minimum atomic E-state index is -0.558. The second-order valence-corrected chi connectivity index (χ2v) is 4.37. The van der Waals surface area contributed by atoms with Gasteiger partial charge in [0, 0.05) is 0 Å². The van der Waals surface area contributed by atoms with Crippen molar-refractivity contribution in [3.05, 3.63) is 35.9 Å². The predicted molar refractivity (Wildman–Crippen MR) is 71.4 cm³/mol. The number of unbranched alkanes of at least 4 members (excludes halogenated alkanes) is 3. The molecule has 100 valence electrons. The summed E-state index contributed by atoms with van der Waals surface area (Å²) in [6.45, 7) is 2.38. The molecule has 0 saturated heterocycles. The van der Waals surface area contributed by atoms with Gasteiger partial charge in [0.25, 0.3) is 0 Å². The molecule has 1 aromatic carbocycles. The fourth-order valence-corrected chi connectivity index (χ4v) is 1.80. The number of aliphatic hydroxyl groups is 1. The van der Waals surface area contributed by atoms with Gasteiger partial charge in [0.2, 0.25) is 0 Å². The van der Waals surface area contributed by atoms with Gasteiger partial charge in [-0.2, -0.15) is 0 Å². The maximum Gasteiger partial charge on any atom is 0.315 e. The molecular formula is C15H22O3. The monoisotopic (exact) mass is 250 g/mol. The van der Waals surface area contributed by atoms with E-state index in [2.05, 4.69) is 6.92 Å². The van der Waals surface area contributed by atoms with Crippen molar-refractivity contribution in [1.82, 2.24) is 0 Å². The van der Waals surface area contributed by atoms with Crippen LogP contribution in [0.15, 0.2) is 30.3 Å². The topological polar surface area (TPSA) is 46.5 Å². The van der Waals surface area contributed by atoms with Crippen LogP contribution in [0.4, 0.5) is 0 Å². The molecule has 0 saturated carbocycles. The van der Waals surface area contributed by atoms with Crippen molar-refractivity contribution < 1.29 is 14.6 Å². The minimum Gasteiger partial charge on any atom is -0.465 e. The predicted octanol–water partition coefficient (Wildman–Crippen LogP) is 2.89. The van der Waals surface area contributed by atoms with Gasteiger partial charge in [0.15, 0.2) is 0 Å². The van der Waals surface area contributed by atoms with E-state index in [-0.39, 0.29) is 12.6 Å². The number of hydrogen-bond acceptors (Lipinski definition) is 3. The SMILES string of the molecule is CCCCCCOC(=O)[C@H](CO)c1ccccc1. The Balaban J connectivity index is 2.39. The number of rotatable bonds is 8. The first-order chi connectivity index (χ1) is 8.79. The lowest BCUT2D eigenvalue weighted by molar-refractivity contribution is -0.146. The Morgan fingerprint density at radius 1 is 1.22 bits per heavy atom. The summed E-state index contributed by atoms with van der Waals surface area (Å²) >= 11 is 0. The second-order valence-electron chi connectivity index (χ2n) is 4.37. The zero-order chi connectivity index (χ0) is 13.2. The highest BCUT2D eigenvalue weighted by Gasteiger charge is 2.20. The largest absolute Gasteiger partial charge is 0.465 e. The summed E-state index contributed by atoms with van der Waals surface area (Å²) in [5.41, 5.74) is 0.804. The van der Waals surface area contributed by atoms with E-state index >= 15 is 0 Å². The summed E-state index contributed by atoms with van der Waals surface area (Å²) in [7, 11) is 0. The highest BCUT2D eigenvalue weighted by molar-refractivity contribution is 5.78. The Morgan fingerprint density at radius 3 is 2.56 bits per heavy atom. The van der Waals surface area contributed by atoms with Crippen molar-refractivity contribution in [3.8, 4) is 0 Å². The molecule has 0 aliphatic carbocycles. The summed E-state index contributed by atoms with van der Waals surface area (Å²) < 4.78 is 5.20. The standard InChI is InChI=1S/C15H22O3/c1-2-3-4-8-11-18-15(17)14(12-16)13-9-6-5-7-10-13/h5-7,9-10,14,16H,2-4,8,11-12H2,1H3/t14-/m1/s1.